The second-order valence-electron chi connectivity index (χ2n) is 10.3. The van der Waals surface area contributed by atoms with E-state index in [1.807, 2.05) is 30.3 Å². The fraction of sp³-hybridized carbons (Fsp3) is 0.379. The number of carbonyl (C=O) groups is 1. The highest BCUT2D eigenvalue weighted by Crippen LogP contribution is 2.68. The summed E-state index contributed by atoms with van der Waals surface area (Å²) in [5, 5.41) is 25.7. The number of halogens is 3. The third-order valence-electron chi connectivity index (χ3n) is 8.22. The maximum absolute atomic E-state index is 14.2. The molecule has 6 rings (SSSR count). The molecule has 1 aromatic heterocycles. The molecule has 3 aromatic rings. The molecule has 12 heteroatoms. The maximum Gasteiger partial charge on any atom is 0.416 e. The first-order chi connectivity index (χ1) is 19.6. The van der Waals surface area contributed by atoms with Crippen molar-refractivity contribution in [1.82, 2.24) is 9.88 Å². The van der Waals surface area contributed by atoms with Crippen LogP contribution in [0.15, 0.2) is 67.0 Å². The smallest absolute Gasteiger partial charge is 0.416 e. The molecule has 8 nitrogen and oxygen atoms in total. The van der Waals surface area contributed by atoms with E-state index in [2.05, 4.69) is 4.98 Å². The number of aliphatic hydroxyl groups is 2. The molecule has 1 saturated carbocycles. The Balaban J connectivity index is 1.59. The van der Waals surface area contributed by atoms with Gasteiger partial charge >= 0.3 is 6.18 Å². The van der Waals surface area contributed by atoms with Crippen molar-refractivity contribution in [2.24, 2.45) is 5.92 Å². The number of methoxy groups -OCH3 is 1. The summed E-state index contributed by atoms with van der Waals surface area (Å²) < 4.78 is 58.2. The number of ether oxygens (including phenoxy) is 3. The molecular weight excluding hydrogens is 560 g/mol. The number of amides is 1. The third kappa shape index (κ3) is 4.21. The number of carbonyl (C=O) groups excluding carboxylic acids is 1. The van der Waals surface area contributed by atoms with E-state index in [1.54, 1.807) is 4.90 Å². The van der Waals surface area contributed by atoms with Gasteiger partial charge in [-0.05, 0) is 23.0 Å². The lowest BCUT2D eigenvalue weighted by Crippen LogP contribution is -2.53. The normalized spacial score (nSPS) is 29.3. The maximum atomic E-state index is 14.2. The Kier molecular flexibility index (Phi) is 6.97. The molecule has 1 amide bonds. The highest BCUT2D eigenvalue weighted by Gasteiger charge is 2.78. The number of benzene rings is 2. The van der Waals surface area contributed by atoms with Gasteiger partial charge in [-0.15, -0.1) is 0 Å². The molecule has 0 bridgehead atoms. The van der Waals surface area contributed by atoms with Crippen LogP contribution in [-0.4, -0.2) is 71.2 Å². The van der Waals surface area contributed by atoms with E-state index in [0.29, 0.717) is 26.3 Å². The number of morpholine rings is 1. The largest absolute Gasteiger partial charge is 0.495 e. The topological polar surface area (TPSA) is 101 Å². The van der Waals surface area contributed by atoms with Crippen molar-refractivity contribution < 1.29 is 42.4 Å². The standard InChI is InChI=1S/C29H28F3N2O6P/c1-38-20-15-33-16-21-23(20)27(37)24(35)22(26(36)34-11-13-39-14-12-34)25(41-19-5-3-2-4-6-19)28(27,40-21)17-7-9-18(10-8-17)29(30,31)32/h2-10,15-16,22,24-25,35,37,41H,11-14H2,1H3/t22-,24+,25+,27-,28-/m0/s1. The lowest BCUT2D eigenvalue weighted by Gasteiger charge is -2.41. The van der Waals surface area contributed by atoms with Crippen molar-refractivity contribution in [3.8, 4) is 11.5 Å². The van der Waals surface area contributed by atoms with Gasteiger partial charge in [0, 0.05) is 18.7 Å². The summed E-state index contributed by atoms with van der Waals surface area (Å²) in [7, 11) is 1.20. The van der Waals surface area contributed by atoms with Gasteiger partial charge in [0.1, 0.15) is 17.6 Å². The molecule has 0 spiro atoms. The van der Waals surface area contributed by atoms with E-state index >= 15 is 0 Å². The van der Waals surface area contributed by atoms with Crippen LogP contribution in [-0.2, 0) is 26.9 Å². The molecule has 1 saturated heterocycles. The summed E-state index contributed by atoms with van der Waals surface area (Å²) in [5.74, 6) is -1.31. The van der Waals surface area contributed by atoms with E-state index in [0.717, 1.165) is 17.4 Å². The fourth-order valence-corrected chi connectivity index (χ4v) is 8.27. The number of alkyl halides is 3. The van der Waals surface area contributed by atoms with Gasteiger partial charge in [-0.1, -0.05) is 51.0 Å². The van der Waals surface area contributed by atoms with Crippen LogP contribution < -0.4 is 14.8 Å². The van der Waals surface area contributed by atoms with Crippen LogP contribution in [0, 0.1) is 5.92 Å². The summed E-state index contributed by atoms with van der Waals surface area (Å²) in [6.45, 7) is 1.26. The van der Waals surface area contributed by atoms with E-state index in [9.17, 15) is 28.2 Å². The fourth-order valence-electron chi connectivity index (χ4n) is 6.37. The summed E-state index contributed by atoms with van der Waals surface area (Å²) in [6.07, 6.45) is -3.55. The summed E-state index contributed by atoms with van der Waals surface area (Å²) >= 11 is 0. The number of hydrogen-bond acceptors (Lipinski definition) is 7. The van der Waals surface area contributed by atoms with Gasteiger partial charge in [-0.25, -0.2) is 0 Å². The van der Waals surface area contributed by atoms with E-state index < -0.39 is 40.6 Å². The SMILES string of the molecule is COc1cncc2c1[C@]1(O)[C@H](O)[C@H](C(=O)N3CCOCC3)[C@@H](Pc3ccccc3)[C@]1(c1ccc(C(F)(F)F)cc1)O2. The number of hydrogen-bond donors (Lipinski definition) is 2. The second kappa shape index (κ2) is 10.2. The zero-order valence-corrected chi connectivity index (χ0v) is 23.0. The van der Waals surface area contributed by atoms with Crippen LogP contribution in [0.1, 0.15) is 16.7 Å². The minimum atomic E-state index is -4.59. The highest BCUT2D eigenvalue weighted by molar-refractivity contribution is 7.48. The van der Waals surface area contributed by atoms with Crippen molar-refractivity contribution in [3.05, 3.63) is 83.7 Å². The van der Waals surface area contributed by atoms with E-state index in [4.69, 9.17) is 14.2 Å². The molecule has 2 fully saturated rings. The summed E-state index contributed by atoms with van der Waals surface area (Å²) in [4.78, 5) is 19.9. The second-order valence-corrected chi connectivity index (χ2v) is 11.8. The van der Waals surface area contributed by atoms with Gasteiger partial charge in [0.25, 0.3) is 0 Å². The molecule has 2 aromatic carbocycles. The van der Waals surface area contributed by atoms with Gasteiger partial charge in [0.05, 0.1) is 49.8 Å². The number of aliphatic hydroxyl groups excluding tert-OH is 1. The summed E-state index contributed by atoms with van der Waals surface area (Å²) in [6, 6.07) is 13.6. The molecule has 1 aliphatic carbocycles. The first-order valence-electron chi connectivity index (χ1n) is 13.1. The van der Waals surface area contributed by atoms with E-state index in [-0.39, 0.29) is 37.1 Å². The lowest BCUT2D eigenvalue weighted by atomic mass is 9.76. The van der Waals surface area contributed by atoms with Crippen LogP contribution in [0.25, 0.3) is 0 Å². The molecule has 2 aliphatic heterocycles. The van der Waals surface area contributed by atoms with Gasteiger partial charge in [0.15, 0.2) is 11.2 Å². The summed E-state index contributed by atoms with van der Waals surface area (Å²) in [5.41, 5.74) is -5.59. The Hall–Kier alpha value is -3.24. The van der Waals surface area contributed by atoms with E-state index in [1.165, 1.54) is 31.6 Å². The Bertz CT molecular complexity index is 1440. The molecule has 41 heavy (non-hydrogen) atoms. The Morgan fingerprint density at radius 2 is 1.78 bits per heavy atom. The molecule has 6 atom stereocenters. The van der Waals surface area contributed by atoms with Crippen molar-refractivity contribution >= 4 is 19.8 Å². The van der Waals surface area contributed by atoms with Gasteiger partial charge in [-0.3, -0.25) is 9.78 Å². The monoisotopic (exact) mass is 588 g/mol. The zero-order chi connectivity index (χ0) is 29.0. The molecule has 3 heterocycles. The van der Waals surface area contributed by atoms with Gasteiger partial charge in [0.2, 0.25) is 5.91 Å². The Morgan fingerprint density at radius 3 is 2.41 bits per heavy atom. The Labute approximate surface area is 235 Å². The van der Waals surface area contributed by atoms with Crippen LogP contribution in [0.4, 0.5) is 13.2 Å². The molecule has 216 valence electrons. The van der Waals surface area contributed by atoms with Gasteiger partial charge in [-0.2, -0.15) is 13.2 Å². The van der Waals surface area contributed by atoms with Crippen LogP contribution in [0.5, 0.6) is 11.5 Å². The predicted octanol–water partition coefficient (Wildman–Crippen LogP) is 2.81. The Morgan fingerprint density at radius 1 is 1.10 bits per heavy atom. The predicted molar refractivity (Wildman–Crippen MR) is 144 cm³/mol. The quantitative estimate of drug-likeness (QED) is 0.443. The molecule has 0 radical (unpaired) electrons. The minimum Gasteiger partial charge on any atom is -0.495 e. The number of rotatable bonds is 5. The van der Waals surface area contributed by atoms with Crippen LogP contribution in [0.2, 0.25) is 0 Å². The van der Waals surface area contributed by atoms with Crippen LogP contribution >= 0.6 is 8.58 Å². The van der Waals surface area contributed by atoms with Crippen molar-refractivity contribution in [3.63, 3.8) is 0 Å². The molecule has 2 N–H and O–H groups in total. The van der Waals surface area contributed by atoms with Crippen molar-refractivity contribution in [1.29, 1.82) is 0 Å². The third-order valence-corrected chi connectivity index (χ3v) is 9.97. The van der Waals surface area contributed by atoms with Crippen molar-refractivity contribution in [2.45, 2.75) is 29.1 Å². The number of nitrogens with zero attached hydrogens (tertiary/aromatic N) is 2. The highest BCUT2D eigenvalue weighted by atomic mass is 31.1. The van der Waals surface area contributed by atoms with Crippen LogP contribution in [0.3, 0.4) is 0 Å². The number of fused-ring (bicyclic) bond motifs is 3. The number of aromatic nitrogens is 1. The zero-order valence-electron chi connectivity index (χ0n) is 22.0. The number of pyridine rings is 1. The minimum absolute atomic E-state index is 0.0996. The lowest BCUT2D eigenvalue weighted by molar-refractivity contribution is -0.157. The molecule has 1 unspecified atom stereocenters. The first-order valence-corrected chi connectivity index (χ1v) is 14.2. The average molecular weight is 589 g/mol. The molecular formula is C29H28F3N2O6P. The van der Waals surface area contributed by atoms with Gasteiger partial charge < -0.3 is 29.3 Å². The molecule has 3 aliphatic rings. The van der Waals surface area contributed by atoms with Crippen molar-refractivity contribution in [2.75, 3.05) is 33.4 Å². The average Bonchev–Trinajstić information content (AvgIpc) is 3.36. The first kappa shape index (κ1) is 27.9.